The summed E-state index contributed by atoms with van der Waals surface area (Å²) in [5.41, 5.74) is 2.09. The molecule has 1 amide bonds. The number of hydrogen-bond acceptors (Lipinski definition) is 2. The maximum absolute atomic E-state index is 12.3. The average molecular weight is 247 g/mol. The summed E-state index contributed by atoms with van der Waals surface area (Å²) in [6.07, 6.45) is -0.111. The van der Waals surface area contributed by atoms with E-state index in [4.69, 9.17) is 4.74 Å². The fourth-order valence-electron chi connectivity index (χ4n) is 2.14. The highest BCUT2D eigenvalue weighted by molar-refractivity contribution is 5.94. The Balaban J connectivity index is 2.17. The Morgan fingerprint density at radius 1 is 1.28 bits per heavy atom. The summed E-state index contributed by atoms with van der Waals surface area (Å²) in [6, 6.07) is 7.89. The highest BCUT2D eigenvalue weighted by Crippen LogP contribution is 2.23. The summed E-state index contributed by atoms with van der Waals surface area (Å²) in [7, 11) is 0. The quantitative estimate of drug-likeness (QED) is 0.763. The Morgan fingerprint density at radius 2 is 1.89 bits per heavy atom. The van der Waals surface area contributed by atoms with Crippen molar-refractivity contribution >= 4 is 5.91 Å². The Labute approximate surface area is 109 Å². The molecule has 1 unspecified atom stereocenters. The lowest BCUT2D eigenvalue weighted by Crippen LogP contribution is -2.34. The van der Waals surface area contributed by atoms with Gasteiger partial charge in [-0.2, -0.15) is 0 Å². The standard InChI is InChI=1S/C15H21NO2/c1-11-16(9-10-18-11)14(17)12-5-7-13(8-6-12)15(2,3)4/h5-8,11H,9-10H2,1-4H3. The van der Waals surface area contributed by atoms with Crippen LogP contribution in [0.2, 0.25) is 0 Å². The van der Waals surface area contributed by atoms with Gasteiger partial charge >= 0.3 is 0 Å². The van der Waals surface area contributed by atoms with E-state index in [0.717, 1.165) is 5.56 Å². The van der Waals surface area contributed by atoms with E-state index in [-0.39, 0.29) is 17.6 Å². The molecule has 1 aromatic rings. The maximum atomic E-state index is 12.3. The van der Waals surface area contributed by atoms with Gasteiger partial charge in [0.2, 0.25) is 0 Å². The molecule has 3 nitrogen and oxygen atoms in total. The minimum absolute atomic E-state index is 0.0560. The minimum Gasteiger partial charge on any atom is -0.357 e. The first-order valence-corrected chi connectivity index (χ1v) is 6.43. The number of benzene rings is 1. The summed E-state index contributed by atoms with van der Waals surface area (Å²) in [5.74, 6) is 0.0560. The van der Waals surface area contributed by atoms with Gasteiger partial charge in [0.1, 0.15) is 6.23 Å². The van der Waals surface area contributed by atoms with Gasteiger partial charge in [-0.1, -0.05) is 32.9 Å². The zero-order valence-electron chi connectivity index (χ0n) is 11.6. The van der Waals surface area contributed by atoms with Crippen molar-refractivity contribution in [2.75, 3.05) is 13.2 Å². The van der Waals surface area contributed by atoms with Gasteiger partial charge in [0.05, 0.1) is 6.61 Å². The van der Waals surface area contributed by atoms with Gasteiger partial charge in [-0.25, -0.2) is 0 Å². The van der Waals surface area contributed by atoms with E-state index in [2.05, 4.69) is 20.8 Å². The number of amides is 1. The molecule has 1 heterocycles. The normalized spacial score (nSPS) is 20.2. The van der Waals surface area contributed by atoms with Crippen LogP contribution in [0, 0.1) is 0 Å². The largest absolute Gasteiger partial charge is 0.357 e. The van der Waals surface area contributed by atoms with Crippen LogP contribution in [0.5, 0.6) is 0 Å². The number of ether oxygens (including phenoxy) is 1. The van der Waals surface area contributed by atoms with Crippen molar-refractivity contribution in [2.24, 2.45) is 0 Å². The van der Waals surface area contributed by atoms with E-state index in [1.807, 2.05) is 31.2 Å². The molecule has 0 saturated carbocycles. The smallest absolute Gasteiger partial charge is 0.255 e. The van der Waals surface area contributed by atoms with Gasteiger partial charge < -0.3 is 9.64 Å². The van der Waals surface area contributed by atoms with E-state index in [1.165, 1.54) is 5.56 Å². The Kier molecular flexibility index (Phi) is 3.44. The van der Waals surface area contributed by atoms with Crippen LogP contribution in [0.1, 0.15) is 43.6 Å². The summed E-state index contributed by atoms with van der Waals surface area (Å²) in [4.78, 5) is 14.0. The second-order valence-corrected chi connectivity index (χ2v) is 5.80. The summed E-state index contributed by atoms with van der Waals surface area (Å²) in [5, 5.41) is 0. The third-order valence-electron chi connectivity index (χ3n) is 3.39. The highest BCUT2D eigenvalue weighted by atomic mass is 16.5. The molecule has 1 aliphatic rings. The van der Waals surface area contributed by atoms with Crippen molar-refractivity contribution in [1.82, 2.24) is 4.90 Å². The predicted octanol–water partition coefficient (Wildman–Crippen LogP) is 2.80. The molecule has 2 rings (SSSR count). The molecule has 0 N–H and O–H groups in total. The van der Waals surface area contributed by atoms with E-state index < -0.39 is 0 Å². The molecular weight excluding hydrogens is 226 g/mol. The SMILES string of the molecule is CC1OCCN1C(=O)c1ccc(C(C)(C)C)cc1. The van der Waals surface area contributed by atoms with Crippen LogP contribution in [0.3, 0.4) is 0 Å². The lowest BCUT2D eigenvalue weighted by Gasteiger charge is -2.21. The zero-order chi connectivity index (χ0) is 13.3. The van der Waals surface area contributed by atoms with Crippen molar-refractivity contribution in [1.29, 1.82) is 0 Å². The molecule has 1 aromatic carbocycles. The molecule has 18 heavy (non-hydrogen) atoms. The molecule has 0 radical (unpaired) electrons. The van der Waals surface area contributed by atoms with Crippen LogP contribution < -0.4 is 0 Å². The van der Waals surface area contributed by atoms with Gasteiger partial charge in [0.15, 0.2) is 0 Å². The Morgan fingerprint density at radius 3 is 2.33 bits per heavy atom. The topological polar surface area (TPSA) is 29.5 Å². The van der Waals surface area contributed by atoms with Gasteiger partial charge in [-0.05, 0) is 30.0 Å². The maximum Gasteiger partial charge on any atom is 0.255 e. The molecule has 3 heteroatoms. The first kappa shape index (κ1) is 13.1. The van der Waals surface area contributed by atoms with Crippen molar-refractivity contribution in [2.45, 2.75) is 39.3 Å². The first-order valence-electron chi connectivity index (χ1n) is 6.43. The molecule has 0 aromatic heterocycles. The molecule has 0 bridgehead atoms. The van der Waals surface area contributed by atoms with Crippen LogP contribution in [0.4, 0.5) is 0 Å². The van der Waals surface area contributed by atoms with Gasteiger partial charge in [-0.15, -0.1) is 0 Å². The highest BCUT2D eigenvalue weighted by Gasteiger charge is 2.26. The molecule has 1 saturated heterocycles. The molecule has 98 valence electrons. The minimum atomic E-state index is -0.111. The fraction of sp³-hybridized carbons (Fsp3) is 0.533. The Bertz CT molecular complexity index is 431. The van der Waals surface area contributed by atoms with Crippen molar-refractivity contribution < 1.29 is 9.53 Å². The van der Waals surface area contributed by atoms with E-state index >= 15 is 0 Å². The molecule has 1 atom stereocenters. The lowest BCUT2D eigenvalue weighted by atomic mass is 9.86. The number of carbonyl (C=O) groups excluding carboxylic acids is 1. The summed E-state index contributed by atoms with van der Waals surface area (Å²) in [6.45, 7) is 9.73. The number of nitrogens with zero attached hydrogens (tertiary/aromatic N) is 1. The predicted molar refractivity (Wildman–Crippen MR) is 71.6 cm³/mol. The summed E-state index contributed by atoms with van der Waals surface area (Å²) < 4.78 is 5.39. The van der Waals surface area contributed by atoms with Crippen LogP contribution in [0.15, 0.2) is 24.3 Å². The van der Waals surface area contributed by atoms with Crippen LogP contribution in [-0.2, 0) is 10.2 Å². The molecular formula is C15H21NO2. The van der Waals surface area contributed by atoms with E-state index in [1.54, 1.807) is 4.90 Å². The van der Waals surface area contributed by atoms with Gasteiger partial charge in [0.25, 0.3) is 5.91 Å². The molecule has 1 aliphatic heterocycles. The lowest BCUT2D eigenvalue weighted by molar-refractivity contribution is 0.0378. The number of carbonyl (C=O) groups is 1. The number of hydrogen-bond donors (Lipinski definition) is 0. The van der Waals surface area contributed by atoms with Crippen LogP contribution >= 0.6 is 0 Å². The van der Waals surface area contributed by atoms with Crippen molar-refractivity contribution in [3.8, 4) is 0 Å². The van der Waals surface area contributed by atoms with E-state index in [0.29, 0.717) is 13.2 Å². The van der Waals surface area contributed by atoms with Crippen LogP contribution in [-0.4, -0.2) is 30.2 Å². The van der Waals surface area contributed by atoms with E-state index in [9.17, 15) is 4.79 Å². The second-order valence-electron chi connectivity index (χ2n) is 5.80. The third-order valence-corrected chi connectivity index (χ3v) is 3.39. The first-order chi connectivity index (χ1) is 8.39. The van der Waals surface area contributed by atoms with Crippen molar-refractivity contribution in [3.63, 3.8) is 0 Å². The molecule has 0 spiro atoms. The Hall–Kier alpha value is -1.35. The summed E-state index contributed by atoms with van der Waals surface area (Å²) >= 11 is 0. The van der Waals surface area contributed by atoms with Crippen LogP contribution in [0.25, 0.3) is 0 Å². The van der Waals surface area contributed by atoms with Gasteiger partial charge in [-0.3, -0.25) is 4.79 Å². The molecule has 0 aliphatic carbocycles. The zero-order valence-corrected chi connectivity index (χ0v) is 11.6. The second kappa shape index (κ2) is 4.73. The van der Waals surface area contributed by atoms with Crippen molar-refractivity contribution in [3.05, 3.63) is 35.4 Å². The monoisotopic (exact) mass is 247 g/mol. The average Bonchev–Trinajstić information content (AvgIpc) is 2.73. The number of rotatable bonds is 1. The third kappa shape index (κ3) is 2.56. The molecule has 1 fully saturated rings. The fourth-order valence-corrected chi connectivity index (χ4v) is 2.14. The van der Waals surface area contributed by atoms with Gasteiger partial charge in [0, 0.05) is 12.1 Å².